The van der Waals surface area contributed by atoms with Crippen molar-refractivity contribution in [3.63, 3.8) is 0 Å². The summed E-state index contributed by atoms with van der Waals surface area (Å²) in [5.41, 5.74) is -3.32. The first-order valence-corrected chi connectivity index (χ1v) is 12.9. The number of carbonyl (C=O) groups is 2. The molecule has 0 bridgehead atoms. The lowest BCUT2D eigenvalue weighted by atomic mass is 9.53. The number of rotatable bonds is 8. The third kappa shape index (κ3) is 4.84. The van der Waals surface area contributed by atoms with Gasteiger partial charge in [-0.2, -0.15) is 0 Å². The van der Waals surface area contributed by atoms with Gasteiger partial charge in [0.2, 0.25) is 0 Å². The molecule has 192 valence electrons. The Kier molecular flexibility index (Phi) is 7.78. The highest BCUT2D eigenvalue weighted by atomic mass is 16.4. The smallest absolute Gasteiger partial charge is 0.0553 e. The molecule has 0 aromatic carbocycles. The van der Waals surface area contributed by atoms with Crippen LogP contribution in [0.4, 0.5) is 0 Å². The number of hydrogen-bond acceptors (Lipinski definition) is 6. The van der Waals surface area contributed by atoms with E-state index in [2.05, 4.69) is 79.0 Å². The van der Waals surface area contributed by atoms with E-state index in [9.17, 15) is 19.8 Å². The Morgan fingerprint density at radius 2 is 0.909 bits per heavy atom. The standard InChI is InChI=1S/C27H50N2O4/c1-11-13-28-23(3,4)15-19(16-24(28,5)6)27(21(30)31,22(32)33)20-17-25(7,8)29(14-12-2)26(9,10)18-20/h19-20H,11-18H2,1-10H3,(H,30,31)(H,32,33)/p-2. The summed E-state index contributed by atoms with van der Waals surface area (Å²) in [5, 5.41) is 25.9. The van der Waals surface area contributed by atoms with Crippen LogP contribution in [-0.4, -0.2) is 57.0 Å². The first-order valence-electron chi connectivity index (χ1n) is 12.9. The summed E-state index contributed by atoms with van der Waals surface area (Å²) in [6.45, 7) is 23.0. The van der Waals surface area contributed by atoms with E-state index in [1.807, 2.05) is 0 Å². The number of aliphatic carboxylic acids is 2. The van der Waals surface area contributed by atoms with Gasteiger partial charge in [-0.15, -0.1) is 0 Å². The largest absolute Gasteiger partial charge is 0.549 e. The molecule has 0 aromatic rings. The average Bonchev–Trinajstić information content (AvgIpc) is 2.60. The summed E-state index contributed by atoms with van der Waals surface area (Å²) < 4.78 is 0. The monoisotopic (exact) mass is 464 g/mol. The number of carboxylic acids is 2. The Hall–Kier alpha value is -1.14. The molecular weight excluding hydrogens is 416 g/mol. The molecule has 0 unspecified atom stereocenters. The lowest BCUT2D eigenvalue weighted by Gasteiger charge is -2.64. The van der Waals surface area contributed by atoms with E-state index in [4.69, 9.17) is 0 Å². The molecule has 2 saturated heterocycles. The minimum atomic E-state index is -2.01. The molecule has 0 radical (unpaired) electrons. The molecule has 33 heavy (non-hydrogen) atoms. The quantitative estimate of drug-likeness (QED) is 0.514. The van der Waals surface area contributed by atoms with E-state index < -0.39 is 29.2 Å². The number of carboxylic acid groups (broad SMARTS) is 2. The van der Waals surface area contributed by atoms with Crippen molar-refractivity contribution < 1.29 is 19.8 Å². The predicted molar refractivity (Wildman–Crippen MR) is 128 cm³/mol. The molecule has 2 fully saturated rings. The van der Waals surface area contributed by atoms with Gasteiger partial charge < -0.3 is 19.8 Å². The van der Waals surface area contributed by atoms with Gasteiger partial charge in [0.25, 0.3) is 0 Å². The number of hydrogen-bond donors (Lipinski definition) is 0. The maximum Gasteiger partial charge on any atom is 0.0553 e. The van der Waals surface area contributed by atoms with Crippen LogP contribution in [-0.2, 0) is 9.59 Å². The molecule has 0 atom stereocenters. The molecular formula is C27H48N2O4-2. The minimum Gasteiger partial charge on any atom is -0.549 e. The van der Waals surface area contributed by atoms with Gasteiger partial charge in [-0.1, -0.05) is 13.8 Å². The zero-order valence-corrected chi connectivity index (χ0v) is 22.8. The summed E-state index contributed by atoms with van der Waals surface area (Å²) in [6, 6.07) is 0. The highest BCUT2D eigenvalue weighted by Gasteiger charge is 2.59. The Labute approximate surface area is 202 Å². The van der Waals surface area contributed by atoms with Crippen LogP contribution in [0.25, 0.3) is 0 Å². The van der Waals surface area contributed by atoms with E-state index in [-0.39, 0.29) is 22.2 Å². The van der Waals surface area contributed by atoms with Gasteiger partial charge in [0.15, 0.2) is 0 Å². The molecule has 2 rings (SSSR count). The van der Waals surface area contributed by atoms with Crippen molar-refractivity contribution in [2.75, 3.05) is 13.1 Å². The van der Waals surface area contributed by atoms with Gasteiger partial charge >= 0.3 is 0 Å². The Bertz CT molecular complexity index is 642. The summed E-state index contributed by atoms with van der Waals surface area (Å²) in [7, 11) is 0. The van der Waals surface area contributed by atoms with Crippen molar-refractivity contribution in [1.82, 2.24) is 9.80 Å². The highest BCUT2D eigenvalue weighted by Crippen LogP contribution is 2.56. The second-order valence-corrected chi connectivity index (χ2v) is 13.2. The maximum absolute atomic E-state index is 13.0. The number of likely N-dealkylation sites (tertiary alicyclic amines) is 2. The van der Waals surface area contributed by atoms with Gasteiger partial charge in [0.1, 0.15) is 0 Å². The maximum atomic E-state index is 13.0. The zero-order chi connectivity index (χ0) is 25.6. The first kappa shape index (κ1) is 28.1. The van der Waals surface area contributed by atoms with Crippen molar-refractivity contribution in [1.29, 1.82) is 0 Å². The first-order chi connectivity index (χ1) is 14.9. The molecule has 6 nitrogen and oxygen atoms in total. The fraction of sp³-hybridized carbons (Fsp3) is 0.926. The van der Waals surface area contributed by atoms with Gasteiger partial charge in [0, 0.05) is 22.2 Å². The number of piperidine rings is 2. The Morgan fingerprint density at radius 1 is 0.667 bits per heavy atom. The lowest BCUT2D eigenvalue weighted by Crippen LogP contribution is -2.71. The van der Waals surface area contributed by atoms with Crippen molar-refractivity contribution in [2.24, 2.45) is 17.3 Å². The zero-order valence-electron chi connectivity index (χ0n) is 22.8. The molecule has 0 N–H and O–H groups in total. The van der Waals surface area contributed by atoms with E-state index in [0.29, 0.717) is 25.7 Å². The van der Waals surface area contributed by atoms with Gasteiger partial charge in [-0.25, -0.2) is 0 Å². The predicted octanol–water partition coefficient (Wildman–Crippen LogP) is 2.83. The second-order valence-electron chi connectivity index (χ2n) is 13.2. The third-order valence-corrected chi connectivity index (χ3v) is 8.76. The molecule has 2 aliphatic heterocycles. The van der Waals surface area contributed by atoms with Crippen molar-refractivity contribution >= 4 is 11.9 Å². The molecule has 0 amide bonds. The fourth-order valence-corrected chi connectivity index (χ4v) is 8.02. The minimum absolute atomic E-state index is 0.327. The van der Waals surface area contributed by atoms with Gasteiger partial charge in [0.05, 0.1) is 17.4 Å². The number of carbonyl (C=O) groups excluding carboxylic acids is 2. The van der Waals surface area contributed by atoms with E-state index >= 15 is 0 Å². The number of nitrogens with zero attached hydrogens (tertiary/aromatic N) is 2. The molecule has 6 heteroatoms. The normalized spacial score (nSPS) is 26.2. The SMILES string of the molecule is CCCN1C(C)(C)CC(C(C(=O)[O-])(C(=O)[O-])C2CC(C)(C)N(CCC)C(C)(C)C2)CC1(C)C. The fourth-order valence-electron chi connectivity index (χ4n) is 8.02. The van der Waals surface area contributed by atoms with Crippen LogP contribution in [0.1, 0.15) is 108 Å². The summed E-state index contributed by atoms with van der Waals surface area (Å²) in [4.78, 5) is 30.8. The molecule has 0 aliphatic carbocycles. The Balaban J connectivity index is 2.62. The average molecular weight is 465 g/mol. The Morgan fingerprint density at radius 3 is 1.09 bits per heavy atom. The summed E-state index contributed by atoms with van der Waals surface area (Å²) >= 11 is 0. The van der Waals surface area contributed by atoms with Crippen LogP contribution in [0.5, 0.6) is 0 Å². The van der Waals surface area contributed by atoms with Crippen LogP contribution >= 0.6 is 0 Å². The van der Waals surface area contributed by atoms with Gasteiger partial charge in [-0.05, 0) is 119 Å². The van der Waals surface area contributed by atoms with E-state index in [0.717, 1.165) is 25.9 Å². The molecule has 2 heterocycles. The van der Waals surface area contributed by atoms with Crippen LogP contribution in [0, 0.1) is 17.3 Å². The van der Waals surface area contributed by atoms with Crippen LogP contribution in [0.2, 0.25) is 0 Å². The third-order valence-electron chi connectivity index (χ3n) is 8.76. The van der Waals surface area contributed by atoms with Crippen LogP contribution in [0.15, 0.2) is 0 Å². The molecule has 0 spiro atoms. The van der Waals surface area contributed by atoms with Crippen LogP contribution in [0.3, 0.4) is 0 Å². The summed E-state index contributed by atoms with van der Waals surface area (Å²) in [6.07, 6.45) is 3.95. The van der Waals surface area contributed by atoms with E-state index in [1.165, 1.54) is 0 Å². The topological polar surface area (TPSA) is 86.7 Å². The lowest BCUT2D eigenvalue weighted by molar-refractivity contribution is -0.355. The second kappa shape index (κ2) is 9.14. The van der Waals surface area contributed by atoms with Crippen molar-refractivity contribution in [2.45, 2.75) is 130 Å². The molecule has 2 aliphatic rings. The van der Waals surface area contributed by atoms with Gasteiger partial charge in [-0.3, -0.25) is 9.80 Å². The van der Waals surface area contributed by atoms with E-state index in [1.54, 1.807) is 0 Å². The molecule has 0 aromatic heterocycles. The van der Waals surface area contributed by atoms with Crippen molar-refractivity contribution in [3.05, 3.63) is 0 Å². The van der Waals surface area contributed by atoms with Crippen LogP contribution < -0.4 is 10.2 Å². The molecule has 0 saturated carbocycles. The van der Waals surface area contributed by atoms with Crippen molar-refractivity contribution in [3.8, 4) is 0 Å². The highest BCUT2D eigenvalue weighted by molar-refractivity contribution is 5.97. The summed E-state index contributed by atoms with van der Waals surface area (Å²) in [5.74, 6) is -4.05.